The highest BCUT2D eigenvalue weighted by Gasteiger charge is 2.23. The van der Waals surface area contributed by atoms with Crippen LogP contribution in [0.1, 0.15) is 12.5 Å². The summed E-state index contributed by atoms with van der Waals surface area (Å²) in [5, 5.41) is 30.5. The summed E-state index contributed by atoms with van der Waals surface area (Å²) in [6.07, 6.45) is -0.719. The normalized spacial score (nSPS) is 12.2. The molecule has 0 fully saturated rings. The maximum absolute atomic E-state index is 14.1. The average molecular weight is 414 g/mol. The van der Waals surface area contributed by atoms with Crippen molar-refractivity contribution in [3.05, 3.63) is 52.3 Å². The first-order valence-corrected chi connectivity index (χ1v) is 8.39. The Morgan fingerprint density at radius 1 is 1.32 bits per heavy atom. The lowest BCUT2D eigenvalue weighted by molar-refractivity contribution is 0.208. The second-order valence-corrected chi connectivity index (χ2v) is 6.42. The van der Waals surface area contributed by atoms with Crippen LogP contribution in [0.3, 0.4) is 0 Å². The molecule has 0 spiro atoms. The van der Waals surface area contributed by atoms with Gasteiger partial charge in [-0.2, -0.15) is 0 Å². The zero-order valence-corrected chi connectivity index (χ0v) is 15.2. The quantitative estimate of drug-likeness (QED) is 0.249. The number of fused-ring (bicyclic) bond motifs is 1. The van der Waals surface area contributed by atoms with Crippen LogP contribution in [-0.2, 0) is 0 Å². The summed E-state index contributed by atoms with van der Waals surface area (Å²) >= 11 is 5.68. The van der Waals surface area contributed by atoms with E-state index in [1.165, 1.54) is 6.92 Å². The van der Waals surface area contributed by atoms with Crippen LogP contribution in [0.2, 0.25) is 5.02 Å². The number of hydroxylamine groups is 1. The van der Waals surface area contributed by atoms with E-state index < -0.39 is 34.9 Å². The summed E-state index contributed by atoms with van der Waals surface area (Å²) < 4.78 is 41.5. The lowest BCUT2D eigenvalue weighted by atomic mass is 10.1. The molecular weight excluding hydrogens is 399 g/mol. The smallest absolute Gasteiger partial charge is 0.201 e. The molecule has 0 bridgehead atoms. The molecule has 3 aromatic rings. The molecule has 0 radical (unpaired) electrons. The molecule has 11 heteroatoms. The molecular formula is C17H15ClF3N5O2. The van der Waals surface area contributed by atoms with Crippen LogP contribution in [0.15, 0.2) is 24.3 Å². The molecule has 7 nitrogen and oxygen atoms in total. The van der Waals surface area contributed by atoms with E-state index in [0.717, 1.165) is 24.3 Å². The number of hydrogen-bond acceptors (Lipinski definition) is 5. The number of amidine groups is 1. The number of aromatic amines is 1. The Labute approximate surface area is 161 Å². The van der Waals surface area contributed by atoms with Crippen molar-refractivity contribution in [2.45, 2.75) is 13.0 Å². The summed E-state index contributed by atoms with van der Waals surface area (Å²) in [5.74, 6) is -3.81. The topological polar surface area (TPSA) is 108 Å². The van der Waals surface area contributed by atoms with Crippen molar-refractivity contribution in [2.75, 3.05) is 16.9 Å². The highest BCUT2D eigenvalue weighted by atomic mass is 35.5. The third kappa shape index (κ3) is 3.75. The van der Waals surface area contributed by atoms with Crippen molar-refractivity contribution < 1.29 is 23.5 Å². The first-order chi connectivity index (χ1) is 13.2. The van der Waals surface area contributed by atoms with Gasteiger partial charge in [0, 0.05) is 12.1 Å². The SMILES string of the molecule is CC(O)CNc1nc2c(F)c(F)cc(C(=N)N(O)c3ccc(F)c(Cl)c3)c2[nH]1. The highest BCUT2D eigenvalue weighted by Crippen LogP contribution is 2.28. The molecule has 1 atom stereocenters. The summed E-state index contributed by atoms with van der Waals surface area (Å²) in [7, 11) is 0. The molecule has 1 heterocycles. The van der Waals surface area contributed by atoms with Crippen molar-refractivity contribution in [2.24, 2.45) is 0 Å². The van der Waals surface area contributed by atoms with Gasteiger partial charge in [0.1, 0.15) is 11.3 Å². The molecule has 2 aromatic carbocycles. The van der Waals surface area contributed by atoms with Crippen molar-refractivity contribution in [1.29, 1.82) is 5.41 Å². The number of H-pyrrole nitrogens is 1. The molecule has 148 valence electrons. The summed E-state index contributed by atoms with van der Waals surface area (Å²) in [5.41, 5.74) is -0.696. The minimum Gasteiger partial charge on any atom is -0.392 e. The van der Waals surface area contributed by atoms with Crippen LogP contribution >= 0.6 is 11.6 Å². The number of nitrogens with zero attached hydrogens (tertiary/aromatic N) is 2. The van der Waals surface area contributed by atoms with Gasteiger partial charge < -0.3 is 15.4 Å². The van der Waals surface area contributed by atoms with E-state index in [-0.39, 0.29) is 34.3 Å². The first kappa shape index (κ1) is 19.9. The molecule has 0 saturated heterocycles. The second kappa shape index (κ2) is 7.66. The molecule has 3 rings (SSSR count). The minimum atomic E-state index is -1.27. The van der Waals surface area contributed by atoms with E-state index in [2.05, 4.69) is 15.3 Å². The molecule has 0 amide bonds. The molecule has 0 saturated carbocycles. The first-order valence-electron chi connectivity index (χ1n) is 8.01. The number of nitrogens with one attached hydrogen (secondary N) is 3. The Hall–Kier alpha value is -2.82. The fourth-order valence-corrected chi connectivity index (χ4v) is 2.65. The van der Waals surface area contributed by atoms with Crippen molar-refractivity contribution >= 4 is 40.1 Å². The maximum Gasteiger partial charge on any atom is 0.201 e. The van der Waals surface area contributed by atoms with Crippen LogP contribution in [0, 0.1) is 22.9 Å². The molecule has 28 heavy (non-hydrogen) atoms. The second-order valence-electron chi connectivity index (χ2n) is 6.02. The van der Waals surface area contributed by atoms with Crippen molar-refractivity contribution in [1.82, 2.24) is 9.97 Å². The lowest BCUT2D eigenvalue weighted by Crippen LogP contribution is -2.27. The Bertz CT molecular complexity index is 1060. The minimum absolute atomic E-state index is 0.0452. The summed E-state index contributed by atoms with van der Waals surface area (Å²) in [6, 6.07) is 3.95. The lowest BCUT2D eigenvalue weighted by Gasteiger charge is -2.18. The van der Waals surface area contributed by atoms with Gasteiger partial charge in [-0.05, 0) is 31.2 Å². The Morgan fingerprint density at radius 2 is 2.04 bits per heavy atom. The van der Waals surface area contributed by atoms with E-state index in [0.29, 0.717) is 5.06 Å². The fraction of sp³-hybridized carbons (Fsp3) is 0.176. The van der Waals surface area contributed by atoms with Gasteiger partial charge in [-0.3, -0.25) is 10.6 Å². The van der Waals surface area contributed by atoms with Gasteiger partial charge in [0.2, 0.25) is 5.95 Å². The van der Waals surface area contributed by atoms with E-state index in [4.69, 9.17) is 17.0 Å². The maximum atomic E-state index is 14.1. The summed E-state index contributed by atoms with van der Waals surface area (Å²) in [4.78, 5) is 6.58. The monoisotopic (exact) mass is 413 g/mol. The number of aromatic nitrogens is 2. The number of aliphatic hydroxyl groups is 1. The number of anilines is 2. The average Bonchev–Trinajstić information content (AvgIpc) is 3.08. The van der Waals surface area contributed by atoms with Crippen LogP contribution in [0.25, 0.3) is 11.0 Å². The zero-order chi connectivity index (χ0) is 20.6. The molecule has 1 unspecified atom stereocenters. The molecule has 0 aliphatic heterocycles. The van der Waals surface area contributed by atoms with Crippen LogP contribution < -0.4 is 10.4 Å². The zero-order valence-electron chi connectivity index (χ0n) is 14.4. The fourth-order valence-electron chi connectivity index (χ4n) is 2.48. The van der Waals surface area contributed by atoms with E-state index in [1.54, 1.807) is 0 Å². The third-order valence-electron chi connectivity index (χ3n) is 3.84. The van der Waals surface area contributed by atoms with Gasteiger partial charge in [-0.25, -0.2) is 23.2 Å². The number of halogens is 4. The Kier molecular flexibility index (Phi) is 5.45. The van der Waals surface area contributed by atoms with Crippen LogP contribution in [0.4, 0.5) is 24.8 Å². The number of benzene rings is 2. The predicted molar refractivity (Wildman–Crippen MR) is 98.7 cm³/mol. The largest absolute Gasteiger partial charge is 0.392 e. The number of aliphatic hydroxyl groups excluding tert-OH is 1. The van der Waals surface area contributed by atoms with Gasteiger partial charge in [0.25, 0.3) is 0 Å². The number of rotatable bonds is 5. The summed E-state index contributed by atoms with van der Waals surface area (Å²) in [6.45, 7) is 1.62. The number of hydrogen-bond donors (Lipinski definition) is 5. The highest BCUT2D eigenvalue weighted by molar-refractivity contribution is 6.31. The van der Waals surface area contributed by atoms with Gasteiger partial charge in [0.05, 0.1) is 22.3 Å². The van der Waals surface area contributed by atoms with Crippen molar-refractivity contribution in [3.8, 4) is 0 Å². The third-order valence-corrected chi connectivity index (χ3v) is 4.13. The molecule has 0 aliphatic carbocycles. The van der Waals surface area contributed by atoms with Crippen LogP contribution in [-0.4, -0.2) is 38.8 Å². The van der Waals surface area contributed by atoms with Gasteiger partial charge in [-0.1, -0.05) is 11.6 Å². The standard InChI is InChI=1S/C17H15ClF3N5O2/c1-7(27)6-23-17-24-14-9(5-12(20)13(21)15(14)25-17)16(22)26(28)8-2-3-11(19)10(18)4-8/h2-5,7,22,27-28H,6H2,1H3,(H2,23,24,25). The van der Waals surface area contributed by atoms with Crippen LogP contribution in [0.5, 0.6) is 0 Å². The molecule has 5 N–H and O–H groups in total. The van der Waals surface area contributed by atoms with Gasteiger partial charge in [0.15, 0.2) is 17.5 Å². The Balaban J connectivity index is 2.04. The molecule has 0 aliphatic rings. The Morgan fingerprint density at radius 3 is 2.68 bits per heavy atom. The van der Waals surface area contributed by atoms with Gasteiger partial charge in [-0.15, -0.1) is 0 Å². The van der Waals surface area contributed by atoms with E-state index >= 15 is 0 Å². The van der Waals surface area contributed by atoms with Gasteiger partial charge >= 0.3 is 0 Å². The predicted octanol–water partition coefficient (Wildman–Crippen LogP) is 3.65. The van der Waals surface area contributed by atoms with E-state index in [1.807, 2.05) is 0 Å². The molecule has 1 aromatic heterocycles. The van der Waals surface area contributed by atoms with Crippen molar-refractivity contribution in [3.63, 3.8) is 0 Å². The number of imidazole rings is 1. The van der Waals surface area contributed by atoms with E-state index in [9.17, 15) is 23.5 Å².